The monoisotopic (exact) mass is 534 g/mol. The largest absolute Gasteiger partial charge is 0.497 e. The molecule has 7 nitrogen and oxygen atoms in total. The number of aliphatic imine (C=N–C) groups is 1. The smallest absolute Gasteiger partial charge is 0.387 e. The molecule has 0 fully saturated rings. The molecule has 164 valence electrons. The maximum Gasteiger partial charge on any atom is 0.387 e. The van der Waals surface area contributed by atoms with Gasteiger partial charge in [-0.05, 0) is 30.3 Å². The highest BCUT2D eigenvalue weighted by Crippen LogP contribution is 2.19. The van der Waals surface area contributed by atoms with Crippen molar-refractivity contribution < 1.29 is 23.0 Å². The summed E-state index contributed by atoms with van der Waals surface area (Å²) in [6.07, 6.45) is 0. The minimum Gasteiger partial charge on any atom is -0.497 e. The van der Waals surface area contributed by atoms with E-state index in [1.54, 1.807) is 56.6 Å². The minimum absolute atomic E-state index is 0. The molecule has 30 heavy (non-hydrogen) atoms. The van der Waals surface area contributed by atoms with Gasteiger partial charge in [-0.25, -0.2) is 0 Å². The summed E-state index contributed by atoms with van der Waals surface area (Å²) in [5.41, 5.74) is 1.10. The number of amides is 1. The molecule has 0 saturated carbocycles. The minimum atomic E-state index is -2.89. The van der Waals surface area contributed by atoms with Gasteiger partial charge in [0.05, 0.1) is 7.11 Å². The quantitative estimate of drug-likeness (QED) is 0.200. The fourth-order valence-corrected chi connectivity index (χ4v) is 2.46. The summed E-state index contributed by atoms with van der Waals surface area (Å²) in [5.74, 6) is 1.06. The molecule has 0 heterocycles. The maximum atomic E-state index is 12.5. The van der Waals surface area contributed by atoms with Crippen LogP contribution in [0, 0.1) is 0 Å². The van der Waals surface area contributed by atoms with Crippen molar-refractivity contribution in [3.05, 3.63) is 59.7 Å². The highest BCUT2D eigenvalue weighted by Gasteiger charge is 2.09. The van der Waals surface area contributed by atoms with Crippen molar-refractivity contribution in [2.75, 3.05) is 27.2 Å². The van der Waals surface area contributed by atoms with Gasteiger partial charge < -0.3 is 25.4 Å². The number of carbonyl (C=O) groups excluding carboxylic acids is 1. The van der Waals surface area contributed by atoms with E-state index in [4.69, 9.17) is 4.74 Å². The van der Waals surface area contributed by atoms with E-state index in [0.29, 0.717) is 35.9 Å². The van der Waals surface area contributed by atoms with Crippen LogP contribution < -0.4 is 25.4 Å². The Morgan fingerprint density at radius 2 is 1.70 bits per heavy atom. The normalized spacial score (nSPS) is 10.8. The maximum absolute atomic E-state index is 12.5. The van der Waals surface area contributed by atoms with Gasteiger partial charge >= 0.3 is 6.61 Å². The van der Waals surface area contributed by atoms with E-state index < -0.39 is 6.61 Å². The number of benzene rings is 2. The van der Waals surface area contributed by atoms with Gasteiger partial charge in [-0.3, -0.25) is 9.79 Å². The molecule has 2 rings (SSSR count). The molecule has 0 unspecified atom stereocenters. The van der Waals surface area contributed by atoms with Crippen molar-refractivity contribution in [1.82, 2.24) is 16.0 Å². The van der Waals surface area contributed by atoms with Crippen molar-refractivity contribution in [2.24, 2.45) is 4.99 Å². The van der Waals surface area contributed by atoms with Gasteiger partial charge in [0.1, 0.15) is 11.5 Å². The molecule has 0 bridgehead atoms. The fourth-order valence-electron chi connectivity index (χ4n) is 2.46. The van der Waals surface area contributed by atoms with Crippen molar-refractivity contribution in [3.63, 3.8) is 0 Å². The number of ether oxygens (including phenoxy) is 2. The number of hydrogen-bond acceptors (Lipinski definition) is 4. The molecule has 2 aromatic carbocycles. The Bertz CT molecular complexity index is 820. The third kappa shape index (κ3) is 8.39. The zero-order valence-corrected chi connectivity index (χ0v) is 19.0. The lowest BCUT2D eigenvalue weighted by atomic mass is 10.2. The Kier molecular flexibility index (Phi) is 11.5. The molecule has 3 N–H and O–H groups in total. The number of carbonyl (C=O) groups is 1. The van der Waals surface area contributed by atoms with Gasteiger partial charge in [0.15, 0.2) is 5.96 Å². The molecular formula is C20H25F2IN4O3. The molecule has 1 amide bonds. The lowest BCUT2D eigenvalue weighted by Crippen LogP contribution is -2.41. The Balaban J connectivity index is 0.00000450. The highest BCUT2D eigenvalue weighted by atomic mass is 127. The van der Waals surface area contributed by atoms with Gasteiger partial charge in [0, 0.05) is 37.8 Å². The molecule has 0 aliphatic rings. The van der Waals surface area contributed by atoms with Crippen LogP contribution in [-0.4, -0.2) is 45.7 Å². The number of rotatable bonds is 9. The number of para-hydroxylation sites is 1. The Labute approximate surface area is 191 Å². The third-order valence-electron chi connectivity index (χ3n) is 3.91. The summed E-state index contributed by atoms with van der Waals surface area (Å²) < 4.78 is 34.5. The third-order valence-corrected chi connectivity index (χ3v) is 3.91. The molecular weight excluding hydrogens is 509 g/mol. The van der Waals surface area contributed by atoms with E-state index in [0.717, 1.165) is 0 Å². The van der Waals surface area contributed by atoms with Crippen LogP contribution in [0.3, 0.4) is 0 Å². The Hall–Kier alpha value is -2.63. The van der Waals surface area contributed by atoms with Crippen molar-refractivity contribution in [1.29, 1.82) is 0 Å². The SMILES string of the molecule is CN=C(NCCNC(=O)c1ccc(OC)cc1)NCc1ccccc1OC(F)F.I. The van der Waals surface area contributed by atoms with E-state index in [-0.39, 0.29) is 42.2 Å². The second-order valence-corrected chi connectivity index (χ2v) is 5.82. The second-order valence-electron chi connectivity index (χ2n) is 5.82. The van der Waals surface area contributed by atoms with Crippen molar-refractivity contribution in [3.8, 4) is 11.5 Å². The van der Waals surface area contributed by atoms with E-state index in [1.807, 2.05) is 0 Å². The van der Waals surface area contributed by atoms with Crippen molar-refractivity contribution >= 4 is 35.8 Å². The average molecular weight is 534 g/mol. The summed E-state index contributed by atoms with van der Waals surface area (Å²) in [4.78, 5) is 16.2. The van der Waals surface area contributed by atoms with Gasteiger partial charge in [-0.1, -0.05) is 18.2 Å². The summed E-state index contributed by atoms with van der Waals surface area (Å²) in [7, 11) is 3.15. The number of halogens is 3. The van der Waals surface area contributed by atoms with E-state index in [9.17, 15) is 13.6 Å². The first-order valence-corrected chi connectivity index (χ1v) is 8.93. The van der Waals surface area contributed by atoms with E-state index in [2.05, 4.69) is 25.7 Å². The van der Waals surface area contributed by atoms with E-state index >= 15 is 0 Å². The number of methoxy groups -OCH3 is 1. The van der Waals surface area contributed by atoms with E-state index in [1.165, 1.54) is 6.07 Å². The van der Waals surface area contributed by atoms with Crippen LogP contribution in [-0.2, 0) is 6.54 Å². The standard InChI is InChI=1S/C20H24F2N4O3.HI/c1-23-20(26-13-15-5-3-4-6-17(15)29-19(21)22)25-12-11-24-18(27)14-7-9-16(28-2)10-8-14;/h3-10,19H,11-13H2,1-2H3,(H,24,27)(H2,23,25,26);1H. The molecule has 10 heteroatoms. The first-order chi connectivity index (χ1) is 14.0. The number of nitrogens with zero attached hydrogens (tertiary/aromatic N) is 1. The molecule has 0 aromatic heterocycles. The van der Waals surface area contributed by atoms with Crippen LogP contribution in [0.25, 0.3) is 0 Å². The zero-order valence-electron chi connectivity index (χ0n) is 16.7. The summed E-state index contributed by atoms with van der Waals surface area (Å²) in [5, 5.41) is 8.85. The van der Waals surface area contributed by atoms with Crippen LogP contribution in [0.4, 0.5) is 8.78 Å². The number of nitrogens with one attached hydrogen (secondary N) is 3. The number of hydrogen-bond donors (Lipinski definition) is 3. The predicted octanol–water partition coefficient (Wildman–Crippen LogP) is 3.01. The molecule has 0 aliphatic carbocycles. The van der Waals surface area contributed by atoms with Crippen LogP contribution in [0.1, 0.15) is 15.9 Å². The molecule has 2 aromatic rings. The predicted molar refractivity (Wildman–Crippen MR) is 122 cm³/mol. The first kappa shape index (κ1) is 25.4. The Morgan fingerprint density at radius 1 is 1.03 bits per heavy atom. The second kappa shape index (κ2) is 13.6. The van der Waals surface area contributed by atoms with Gasteiger partial charge in [0.2, 0.25) is 0 Å². The van der Waals surface area contributed by atoms with Gasteiger partial charge in [-0.15, -0.1) is 24.0 Å². The molecule has 0 atom stereocenters. The highest BCUT2D eigenvalue weighted by molar-refractivity contribution is 14.0. The van der Waals surface area contributed by atoms with Crippen LogP contribution in [0.15, 0.2) is 53.5 Å². The van der Waals surface area contributed by atoms with Gasteiger partial charge in [-0.2, -0.15) is 8.78 Å². The molecule has 0 saturated heterocycles. The lowest BCUT2D eigenvalue weighted by Gasteiger charge is -2.14. The topological polar surface area (TPSA) is 84.0 Å². The number of alkyl halides is 2. The van der Waals surface area contributed by atoms with Crippen LogP contribution >= 0.6 is 24.0 Å². The molecule has 0 spiro atoms. The van der Waals surface area contributed by atoms with Crippen molar-refractivity contribution in [2.45, 2.75) is 13.2 Å². The van der Waals surface area contributed by atoms with Crippen LogP contribution in [0.2, 0.25) is 0 Å². The zero-order chi connectivity index (χ0) is 21.1. The number of guanidine groups is 1. The van der Waals surface area contributed by atoms with Crippen LogP contribution in [0.5, 0.6) is 11.5 Å². The summed E-state index contributed by atoms with van der Waals surface area (Å²) >= 11 is 0. The summed E-state index contributed by atoms with van der Waals surface area (Å²) in [6, 6.07) is 13.3. The molecule has 0 radical (unpaired) electrons. The first-order valence-electron chi connectivity index (χ1n) is 8.93. The van der Waals surface area contributed by atoms with Gasteiger partial charge in [0.25, 0.3) is 5.91 Å². The summed E-state index contributed by atoms with van der Waals surface area (Å²) in [6.45, 7) is -1.84. The molecule has 0 aliphatic heterocycles. The Morgan fingerprint density at radius 3 is 2.33 bits per heavy atom. The lowest BCUT2D eigenvalue weighted by molar-refractivity contribution is -0.0504. The fraction of sp³-hybridized carbons (Fsp3) is 0.300. The average Bonchev–Trinajstić information content (AvgIpc) is 2.73.